The second kappa shape index (κ2) is 9.61. The molecule has 3 amide bonds. The van der Waals surface area contributed by atoms with Crippen LogP contribution in [-0.2, 0) is 9.59 Å². The fourth-order valence-electron chi connectivity index (χ4n) is 2.81. The summed E-state index contributed by atoms with van der Waals surface area (Å²) in [4.78, 5) is 38.0. The second-order valence-electron chi connectivity index (χ2n) is 6.25. The summed E-state index contributed by atoms with van der Waals surface area (Å²) in [5.74, 6) is -2.35. The Morgan fingerprint density at radius 3 is 2.68 bits per heavy atom. The molecular formula is C21H18F2N2O5S. The van der Waals surface area contributed by atoms with Crippen molar-refractivity contribution in [1.29, 1.82) is 0 Å². The number of halogens is 2. The van der Waals surface area contributed by atoms with Crippen LogP contribution >= 0.6 is 11.8 Å². The van der Waals surface area contributed by atoms with Crippen LogP contribution in [0.3, 0.4) is 0 Å². The van der Waals surface area contributed by atoms with E-state index in [0.717, 1.165) is 17.0 Å². The summed E-state index contributed by atoms with van der Waals surface area (Å²) in [5.41, 5.74) is 0.274. The molecule has 1 aliphatic rings. The Morgan fingerprint density at radius 2 is 2.00 bits per heavy atom. The second-order valence-corrected chi connectivity index (χ2v) is 7.25. The van der Waals surface area contributed by atoms with Gasteiger partial charge in [-0.3, -0.25) is 19.3 Å². The number of imide groups is 1. The van der Waals surface area contributed by atoms with Crippen LogP contribution in [-0.4, -0.2) is 42.2 Å². The van der Waals surface area contributed by atoms with Crippen LogP contribution < -0.4 is 14.8 Å². The van der Waals surface area contributed by atoms with E-state index in [1.54, 1.807) is 25.1 Å². The number of anilines is 1. The number of thioether (sulfide) groups is 1. The summed E-state index contributed by atoms with van der Waals surface area (Å²) in [6.45, 7) is 1.55. The van der Waals surface area contributed by atoms with E-state index in [9.17, 15) is 23.2 Å². The first-order valence-electron chi connectivity index (χ1n) is 9.14. The van der Waals surface area contributed by atoms with E-state index >= 15 is 0 Å². The average Bonchev–Trinajstić information content (AvgIpc) is 2.99. The minimum absolute atomic E-state index is 0.0972. The minimum atomic E-state index is -0.969. The van der Waals surface area contributed by atoms with Gasteiger partial charge in [0.25, 0.3) is 11.1 Å². The van der Waals surface area contributed by atoms with Gasteiger partial charge in [-0.1, -0.05) is 12.1 Å². The number of amides is 3. The van der Waals surface area contributed by atoms with Gasteiger partial charge in [-0.2, -0.15) is 0 Å². The van der Waals surface area contributed by atoms with Gasteiger partial charge in [0, 0.05) is 11.6 Å². The van der Waals surface area contributed by atoms with E-state index in [4.69, 9.17) is 9.47 Å². The highest BCUT2D eigenvalue weighted by atomic mass is 32.2. The number of benzene rings is 2. The molecule has 162 valence electrons. The van der Waals surface area contributed by atoms with E-state index in [1.165, 1.54) is 13.2 Å². The molecule has 0 bridgehead atoms. The largest absolute Gasteiger partial charge is 0.493 e. The molecule has 7 nitrogen and oxygen atoms in total. The van der Waals surface area contributed by atoms with Crippen molar-refractivity contribution >= 4 is 40.6 Å². The molecule has 31 heavy (non-hydrogen) atoms. The summed E-state index contributed by atoms with van der Waals surface area (Å²) >= 11 is 0.669. The SMILES string of the molecule is CCOc1c(C=C2SC(=O)N(CC(=O)Nc3ccc(F)cc3F)C2=O)cccc1OC. The number of nitrogens with one attached hydrogen (secondary N) is 1. The molecule has 0 unspecified atom stereocenters. The lowest BCUT2D eigenvalue weighted by Gasteiger charge is -2.13. The molecule has 0 radical (unpaired) electrons. The normalized spacial score (nSPS) is 14.8. The van der Waals surface area contributed by atoms with Gasteiger partial charge in [-0.25, -0.2) is 8.78 Å². The predicted molar refractivity (Wildman–Crippen MR) is 112 cm³/mol. The number of rotatable bonds is 7. The number of ether oxygens (including phenoxy) is 2. The monoisotopic (exact) mass is 448 g/mol. The van der Waals surface area contributed by atoms with Crippen molar-refractivity contribution in [2.75, 3.05) is 25.6 Å². The number of methoxy groups -OCH3 is 1. The predicted octanol–water partition coefficient (Wildman–Crippen LogP) is 4.05. The molecule has 0 atom stereocenters. The van der Waals surface area contributed by atoms with Gasteiger partial charge in [0.1, 0.15) is 18.2 Å². The van der Waals surface area contributed by atoms with Crippen molar-refractivity contribution in [3.63, 3.8) is 0 Å². The van der Waals surface area contributed by atoms with Crippen LogP contribution in [0.25, 0.3) is 6.08 Å². The number of para-hydroxylation sites is 1. The van der Waals surface area contributed by atoms with Crippen LogP contribution in [0.2, 0.25) is 0 Å². The van der Waals surface area contributed by atoms with Gasteiger partial charge in [-0.15, -0.1) is 0 Å². The summed E-state index contributed by atoms with van der Waals surface area (Å²) in [6, 6.07) is 7.75. The highest BCUT2D eigenvalue weighted by molar-refractivity contribution is 8.18. The van der Waals surface area contributed by atoms with Gasteiger partial charge in [0.2, 0.25) is 5.91 Å². The number of nitrogens with zero attached hydrogens (tertiary/aromatic N) is 1. The van der Waals surface area contributed by atoms with Crippen molar-refractivity contribution in [1.82, 2.24) is 4.90 Å². The van der Waals surface area contributed by atoms with Crippen LogP contribution in [0.1, 0.15) is 12.5 Å². The molecule has 10 heteroatoms. The molecule has 3 rings (SSSR count). The Hall–Kier alpha value is -3.40. The maximum atomic E-state index is 13.7. The zero-order valence-electron chi connectivity index (χ0n) is 16.6. The van der Waals surface area contributed by atoms with Gasteiger partial charge in [0.15, 0.2) is 11.5 Å². The number of carbonyl (C=O) groups excluding carboxylic acids is 3. The first-order valence-corrected chi connectivity index (χ1v) is 9.95. The molecule has 1 heterocycles. The van der Waals surface area contributed by atoms with E-state index in [2.05, 4.69) is 5.32 Å². The highest BCUT2D eigenvalue weighted by Crippen LogP contribution is 2.37. The average molecular weight is 448 g/mol. The molecule has 1 aliphatic heterocycles. The summed E-state index contributed by atoms with van der Waals surface area (Å²) in [7, 11) is 1.48. The van der Waals surface area contributed by atoms with Gasteiger partial charge >= 0.3 is 0 Å². The van der Waals surface area contributed by atoms with E-state index < -0.39 is 35.2 Å². The number of carbonyl (C=O) groups is 3. The molecule has 0 saturated carbocycles. The first kappa shape index (κ1) is 22.3. The molecular weight excluding hydrogens is 430 g/mol. The Balaban J connectivity index is 1.77. The molecule has 2 aromatic carbocycles. The van der Waals surface area contributed by atoms with E-state index in [0.29, 0.717) is 41.5 Å². The summed E-state index contributed by atoms with van der Waals surface area (Å²) in [6.07, 6.45) is 1.48. The Kier molecular flexibility index (Phi) is 6.91. The highest BCUT2D eigenvalue weighted by Gasteiger charge is 2.36. The fourth-order valence-corrected chi connectivity index (χ4v) is 3.64. The van der Waals surface area contributed by atoms with Crippen molar-refractivity contribution in [3.05, 3.63) is 58.5 Å². The third-order valence-corrected chi connectivity index (χ3v) is 5.09. The summed E-state index contributed by atoms with van der Waals surface area (Å²) < 4.78 is 37.6. The quantitative estimate of drug-likeness (QED) is 0.644. The maximum Gasteiger partial charge on any atom is 0.294 e. The van der Waals surface area contributed by atoms with Gasteiger partial charge in [-0.05, 0) is 43.0 Å². The van der Waals surface area contributed by atoms with Crippen LogP contribution in [0.4, 0.5) is 19.3 Å². The maximum absolute atomic E-state index is 13.7. The molecule has 1 saturated heterocycles. The van der Waals surface area contributed by atoms with Crippen molar-refractivity contribution in [3.8, 4) is 11.5 Å². The third-order valence-electron chi connectivity index (χ3n) is 4.19. The van der Waals surface area contributed by atoms with Crippen molar-refractivity contribution in [2.45, 2.75) is 6.92 Å². The zero-order valence-corrected chi connectivity index (χ0v) is 17.4. The summed E-state index contributed by atoms with van der Waals surface area (Å²) in [5, 5.41) is 1.57. The molecule has 0 spiro atoms. The Labute approximate surface area is 181 Å². The van der Waals surface area contributed by atoms with Crippen LogP contribution in [0.15, 0.2) is 41.3 Å². The smallest absolute Gasteiger partial charge is 0.294 e. The fraction of sp³-hybridized carbons (Fsp3) is 0.190. The number of hydrogen-bond donors (Lipinski definition) is 1. The first-order chi connectivity index (χ1) is 14.8. The lowest BCUT2D eigenvalue weighted by Crippen LogP contribution is -2.36. The molecule has 1 N–H and O–H groups in total. The van der Waals surface area contributed by atoms with Crippen molar-refractivity contribution < 1.29 is 32.6 Å². The number of hydrogen-bond acceptors (Lipinski definition) is 6. The van der Waals surface area contributed by atoms with Crippen LogP contribution in [0.5, 0.6) is 11.5 Å². The molecule has 1 fully saturated rings. The lowest BCUT2D eigenvalue weighted by atomic mass is 10.1. The minimum Gasteiger partial charge on any atom is -0.493 e. The Bertz CT molecular complexity index is 1070. The third kappa shape index (κ3) is 5.02. The lowest BCUT2D eigenvalue weighted by molar-refractivity contribution is -0.127. The topological polar surface area (TPSA) is 84.9 Å². The van der Waals surface area contributed by atoms with Crippen LogP contribution in [0, 0.1) is 11.6 Å². The van der Waals surface area contributed by atoms with Gasteiger partial charge in [0.05, 0.1) is 24.3 Å². The zero-order chi connectivity index (χ0) is 22.5. The molecule has 0 aromatic heterocycles. The van der Waals surface area contributed by atoms with Gasteiger partial charge < -0.3 is 14.8 Å². The van der Waals surface area contributed by atoms with E-state index in [-0.39, 0.29) is 10.6 Å². The van der Waals surface area contributed by atoms with Crippen molar-refractivity contribution in [2.24, 2.45) is 0 Å². The standard InChI is InChI=1S/C21H18F2N2O5S/c1-3-30-19-12(5-4-6-16(19)29-2)9-17-20(27)25(21(28)31-17)11-18(26)24-15-8-7-13(22)10-14(15)23/h4-10H,3,11H2,1-2H3,(H,24,26). The van der Waals surface area contributed by atoms with E-state index in [1.807, 2.05) is 0 Å². The molecule has 2 aromatic rings. The Morgan fingerprint density at radius 1 is 1.23 bits per heavy atom. The molecule has 0 aliphatic carbocycles.